The second kappa shape index (κ2) is 8.40. The average molecular weight is 339 g/mol. The molecule has 1 aliphatic rings. The van der Waals surface area contributed by atoms with Gasteiger partial charge in [0.05, 0.1) is 0 Å². The normalized spacial score (nSPS) is 17.1. The molecule has 1 aliphatic heterocycles. The minimum Gasteiger partial charge on any atom is -0.356 e. The Hall–Kier alpha value is -1.47. The topological polar surface area (TPSA) is 79.4 Å². The predicted molar refractivity (Wildman–Crippen MR) is 88.3 cm³/mol. The predicted octanol–water partition coefficient (Wildman–Crippen LogP) is 1.79. The fraction of sp³-hybridized carbons (Fsp3) is 0.625. The number of unbranched alkanes of at least 4 members (excludes halogenated alkanes) is 1. The van der Waals surface area contributed by atoms with Crippen molar-refractivity contribution in [3.8, 4) is 0 Å². The van der Waals surface area contributed by atoms with Gasteiger partial charge in [-0.2, -0.15) is 4.31 Å². The summed E-state index contributed by atoms with van der Waals surface area (Å²) in [5.74, 6) is 0.443. The molecule has 23 heavy (non-hydrogen) atoms. The van der Waals surface area contributed by atoms with Crippen LogP contribution in [-0.2, 0) is 14.8 Å². The first kappa shape index (κ1) is 17.9. The number of sulfonamides is 1. The highest BCUT2D eigenvalue weighted by Gasteiger charge is 2.29. The van der Waals surface area contributed by atoms with Gasteiger partial charge in [0.1, 0.15) is 4.90 Å². The van der Waals surface area contributed by atoms with E-state index in [9.17, 15) is 13.2 Å². The summed E-state index contributed by atoms with van der Waals surface area (Å²) in [6.07, 6.45) is 6.99. The molecule has 0 aromatic carbocycles. The van der Waals surface area contributed by atoms with Gasteiger partial charge in [0.2, 0.25) is 15.9 Å². The summed E-state index contributed by atoms with van der Waals surface area (Å²) in [6, 6.07) is 3.20. The van der Waals surface area contributed by atoms with Crippen LogP contribution in [0.1, 0.15) is 39.0 Å². The summed E-state index contributed by atoms with van der Waals surface area (Å²) < 4.78 is 26.5. The van der Waals surface area contributed by atoms with E-state index in [1.54, 1.807) is 18.3 Å². The number of carbonyl (C=O) groups excluding carboxylic acids is 1. The zero-order chi connectivity index (χ0) is 16.7. The van der Waals surface area contributed by atoms with E-state index in [-0.39, 0.29) is 10.8 Å². The lowest BCUT2D eigenvalue weighted by Gasteiger charge is -2.31. The van der Waals surface area contributed by atoms with Crippen molar-refractivity contribution in [3.05, 3.63) is 24.5 Å². The van der Waals surface area contributed by atoms with Crippen LogP contribution in [0.25, 0.3) is 0 Å². The average Bonchev–Trinajstić information content (AvgIpc) is 2.59. The van der Waals surface area contributed by atoms with Gasteiger partial charge in [-0.1, -0.05) is 13.3 Å². The van der Waals surface area contributed by atoms with Gasteiger partial charge < -0.3 is 5.32 Å². The fourth-order valence-corrected chi connectivity index (χ4v) is 4.12. The molecular weight excluding hydrogens is 314 g/mol. The molecule has 1 saturated heterocycles. The maximum Gasteiger partial charge on any atom is 0.244 e. The fourth-order valence-electron chi connectivity index (χ4n) is 2.69. The van der Waals surface area contributed by atoms with Crippen LogP contribution in [0.2, 0.25) is 0 Å². The van der Waals surface area contributed by atoms with Crippen molar-refractivity contribution in [1.82, 2.24) is 14.6 Å². The van der Waals surface area contributed by atoms with Gasteiger partial charge in [0.15, 0.2) is 0 Å². The molecule has 0 aliphatic carbocycles. The van der Waals surface area contributed by atoms with Crippen molar-refractivity contribution >= 4 is 15.9 Å². The van der Waals surface area contributed by atoms with E-state index in [1.807, 2.05) is 0 Å². The number of aromatic nitrogens is 1. The van der Waals surface area contributed by atoms with Crippen LogP contribution in [0.3, 0.4) is 0 Å². The maximum atomic E-state index is 12.5. The second-order valence-corrected chi connectivity index (χ2v) is 7.88. The van der Waals surface area contributed by atoms with Crippen molar-refractivity contribution in [3.63, 3.8) is 0 Å². The molecule has 2 rings (SSSR count). The summed E-state index contributed by atoms with van der Waals surface area (Å²) in [4.78, 5) is 15.8. The summed E-state index contributed by atoms with van der Waals surface area (Å²) in [5.41, 5.74) is 0. The van der Waals surface area contributed by atoms with Crippen molar-refractivity contribution in [2.24, 2.45) is 5.92 Å². The Labute approximate surface area is 138 Å². The third kappa shape index (κ3) is 5.00. The summed E-state index contributed by atoms with van der Waals surface area (Å²) in [6.45, 7) is 3.69. The van der Waals surface area contributed by atoms with Gasteiger partial charge in [0.25, 0.3) is 0 Å². The Balaban J connectivity index is 1.81. The maximum absolute atomic E-state index is 12.5. The van der Waals surface area contributed by atoms with Crippen molar-refractivity contribution in [1.29, 1.82) is 0 Å². The molecule has 2 heterocycles. The number of hydrogen-bond donors (Lipinski definition) is 1. The van der Waals surface area contributed by atoms with E-state index in [1.165, 1.54) is 10.5 Å². The van der Waals surface area contributed by atoms with Gasteiger partial charge in [-0.15, -0.1) is 0 Å². The lowest BCUT2D eigenvalue weighted by atomic mass is 9.98. The lowest BCUT2D eigenvalue weighted by molar-refractivity contribution is -0.121. The highest BCUT2D eigenvalue weighted by atomic mass is 32.2. The van der Waals surface area contributed by atoms with Crippen molar-refractivity contribution < 1.29 is 13.2 Å². The SMILES string of the molecule is CCCCC(=O)NCC1CCN(S(=O)(=O)c2cccnc2)CC1. The molecule has 6 nitrogen and oxygen atoms in total. The highest BCUT2D eigenvalue weighted by molar-refractivity contribution is 7.89. The standard InChI is InChI=1S/C16H25N3O3S/c1-2-3-6-16(20)18-12-14-7-10-19(11-8-14)23(21,22)15-5-4-9-17-13-15/h4-5,9,13-14H,2-3,6-8,10-12H2,1H3,(H,18,20). The number of carbonyl (C=O) groups is 1. The summed E-state index contributed by atoms with van der Waals surface area (Å²) in [5, 5.41) is 2.96. The highest BCUT2D eigenvalue weighted by Crippen LogP contribution is 2.23. The Morgan fingerprint density at radius 1 is 1.39 bits per heavy atom. The van der Waals surface area contributed by atoms with E-state index in [4.69, 9.17) is 0 Å². The van der Waals surface area contributed by atoms with Crippen molar-refractivity contribution in [2.75, 3.05) is 19.6 Å². The molecule has 0 bridgehead atoms. The molecule has 0 radical (unpaired) electrons. The Morgan fingerprint density at radius 3 is 2.74 bits per heavy atom. The molecule has 1 fully saturated rings. The molecule has 1 aromatic heterocycles. The van der Waals surface area contributed by atoms with E-state index < -0.39 is 10.0 Å². The second-order valence-electron chi connectivity index (χ2n) is 5.94. The molecule has 128 valence electrons. The van der Waals surface area contributed by atoms with Gasteiger partial charge in [-0.05, 0) is 37.3 Å². The Kier molecular flexibility index (Phi) is 6.53. The van der Waals surface area contributed by atoms with Crippen molar-refractivity contribution in [2.45, 2.75) is 43.9 Å². The monoisotopic (exact) mass is 339 g/mol. The van der Waals surface area contributed by atoms with Crippen LogP contribution < -0.4 is 5.32 Å². The lowest BCUT2D eigenvalue weighted by Crippen LogP contribution is -2.41. The van der Waals surface area contributed by atoms with Gasteiger partial charge in [0, 0.05) is 38.4 Å². The molecule has 0 saturated carbocycles. The van der Waals surface area contributed by atoms with Crippen LogP contribution in [0.15, 0.2) is 29.4 Å². The molecule has 1 amide bonds. The first-order valence-corrected chi connectivity index (χ1v) is 9.65. The molecule has 0 unspecified atom stereocenters. The van der Waals surface area contributed by atoms with Gasteiger partial charge in [-0.3, -0.25) is 9.78 Å². The number of amides is 1. The number of hydrogen-bond acceptors (Lipinski definition) is 4. The largest absolute Gasteiger partial charge is 0.356 e. The zero-order valence-electron chi connectivity index (χ0n) is 13.6. The molecule has 1 aromatic rings. The first-order valence-electron chi connectivity index (χ1n) is 8.21. The van der Waals surface area contributed by atoms with Gasteiger partial charge >= 0.3 is 0 Å². The smallest absolute Gasteiger partial charge is 0.244 e. The van der Waals surface area contributed by atoms with E-state index in [2.05, 4.69) is 17.2 Å². The molecule has 0 spiro atoms. The van der Waals surface area contributed by atoms with Crippen LogP contribution in [0.5, 0.6) is 0 Å². The van der Waals surface area contributed by atoms with Crippen LogP contribution in [0.4, 0.5) is 0 Å². The third-order valence-corrected chi connectivity index (χ3v) is 6.07. The Morgan fingerprint density at radius 2 is 2.13 bits per heavy atom. The zero-order valence-corrected chi connectivity index (χ0v) is 14.4. The Bertz CT molecular complexity index is 596. The number of pyridine rings is 1. The first-order chi connectivity index (χ1) is 11.0. The summed E-state index contributed by atoms with van der Waals surface area (Å²) >= 11 is 0. The van der Waals surface area contributed by atoms with Crippen LogP contribution in [-0.4, -0.2) is 43.2 Å². The minimum absolute atomic E-state index is 0.0947. The molecule has 0 atom stereocenters. The van der Waals surface area contributed by atoms with Crippen LogP contribution >= 0.6 is 0 Å². The number of piperidine rings is 1. The third-order valence-electron chi connectivity index (χ3n) is 4.19. The number of rotatable bonds is 7. The number of nitrogens with zero attached hydrogens (tertiary/aromatic N) is 2. The molecule has 7 heteroatoms. The van der Waals surface area contributed by atoms with Crippen LogP contribution in [0, 0.1) is 5.92 Å². The van der Waals surface area contributed by atoms with Gasteiger partial charge in [-0.25, -0.2) is 8.42 Å². The van der Waals surface area contributed by atoms with E-state index >= 15 is 0 Å². The number of nitrogens with one attached hydrogen (secondary N) is 1. The molecular formula is C16H25N3O3S. The quantitative estimate of drug-likeness (QED) is 0.821. The molecule has 1 N–H and O–H groups in total. The van der Waals surface area contributed by atoms with E-state index in [0.717, 1.165) is 25.7 Å². The van der Waals surface area contributed by atoms with E-state index in [0.29, 0.717) is 32.0 Å². The minimum atomic E-state index is -3.45. The summed E-state index contributed by atoms with van der Waals surface area (Å²) in [7, 11) is -3.45.